The van der Waals surface area contributed by atoms with Crippen LogP contribution >= 0.6 is 0 Å². The van der Waals surface area contributed by atoms with E-state index in [2.05, 4.69) is 0 Å². The summed E-state index contributed by atoms with van der Waals surface area (Å²) in [5.41, 5.74) is -0.137. The topological polar surface area (TPSA) is 42.2 Å². The van der Waals surface area contributed by atoms with Crippen LogP contribution < -0.4 is 9.47 Å². The smallest absolute Gasteiger partial charge is 0.274 e. The lowest BCUT2D eigenvalue weighted by molar-refractivity contribution is -0.0121. The van der Waals surface area contributed by atoms with Crippen molar-refractivity contribution in [3.05, 3.63) is 23.8 Å². The van der Waals surface area contributed by atoms with E-state index in [1.807, 2.05) is 0 Å². The van der Waals surface area contributed by atoms with Gasteiger partial charge in [-0.15, -0.1) is 0 Å². The van der Waals surface area contributed by atoms with Gasteiger partial charge in [0, 0.05) is 24.8 Å². The van der Waals surface area contributed by atoms with Crippen molar-refractivity contribution >= 4 is 0 Å². The molecule has 2 rings (SSSR count). The lowest BCUT2D eigenvalue weighted by Gasteiger charge is -2.17. The van der Waals surface area contributed by atoms with Gasteiger partial charge in [0.15, 0.2) is 11.5 Å². The Balaban J connectivity index is 2.25. The van der Waals surface area contributed by atoms with Crippen LogP contribution in [0.3, 0.4) is 0 Å². The van der Waals surface area contributed by atoms with Crippen LogP contribution in [-0.4, -0.2) is 13.2 Å². The largest absolute Gasteiger partial charge is 0.490 e. The molecule has 0 saturated carbocycles. The quantitative estimate of drug-likeness (QED) is 0.830. The number of benzene rings is 1. The predicted molar refractivity (Wildman–Crippen MR) is 60.8 cm³/mol. The Morgan fingerprint density at radius 2 is 1.94 bits per heavy atom. The summed E-state index contributed by atoms with van der Waals surface area (Å²) in [7, 11) is 0. The first-order valence-electron chi connectivity index (χ1n) is 5.78. The number of hydrogen-bond acceptors (Lipinski definition) is 3. The summed E-state index contributed by atoms with van der Waals surface area (Å²) in [6.07, 6.45) is 0.0689. The molecular weight excluding hydrogens is 240 g/mol. The molecule has 5 heteroatoms. The monoisotopic (exact) mass is 253 g/mol. The highest BCUT2D eigenvalue weighted by Gasteiger charge is 2.32. The van der Waals surface area contributed by atoms with Crippen molar-refractivity contribution in [1.82, 2.24) is 0 Å². The first-order chi connectivity index (χ1) is 8.63. The summed E-state index contributed by atoms with van der Waals surface area (Å²) in [6, 6.07) is 5.85. The van der Waals surface area contributed by atoms with Gasteiger partial charge in [0.25, 0.3) is 5.92 Å². The molecule has 0 spiro atoms. The fourth-order valence-electron chi connectivity index (χ4n) is 1.75. The van der Waals surface area contributed by atoms with Gasteiger partial charge in [-0.05, 0) is 18.2 Å². The highest BCUT2D eigenvalue weighted by molar-refractivity contribution is 5.44. The molecule has 0 amide bonds. The minimum absolute atomic E-state index is 0.137. The summed E-state index contributed by atoms with van der Waals surface area (Å²) < 4.78 is 38.3. The first kappa shape index (κ1) is 12.6. The molecule has 0 saturated heterocycles. The van der Waals surface area contributed by atoms with Crippen molar-refractivity contribution < 1.29 is 18.3 Å². The molecule has 1 aliphatic heterocycles. The minimum Gasteiger partial charge on any atom is -0.490 e. The second-order valence-corrected chi connectivity index (χ2v) is 4.07. The van der Waals surface area contributed by atoms with E-state index < -0.39 is 12.3 Å². The third kappa shape index (κ3) is 2.70. The van der Waals surface area contributed by atoms with Crippen molar-refractivity contribution in [1.29, 1.82) is 5.26 Å². The number of rotatable bonds is 3. The molecule has 1 heterocycles. The number of hydrogen-bond donors (Lipinski definition) is 0. The zero-order chi connectivity index (χ0) is 13.0. The van der Waals surface area contributed by atoms with Crippen molar-refractivity contribution in [2.45, 2.75) is 25.2 Å². The molecule has 1 aromatic rings. The summed E-state index contributed by atoms with van der Waals surface area (Å²) in [6.45, 7) is 0.984. The number of fused-ring (bicyclic) bond motifs is 1. The Kier molecular flexibility index (Phi) is 3.66. The van der Waals surface area contributed by atoms with Gasteiger partial charge in [0.2, 0.25) is 0 Å². The fourth-order valence-corrected chi connectivity index (χ4v) is 1.75. The van der Waals surface area contributed by atoms with Crippen LogP contribution in [0.4, 0.5) is 8.78 Å². The second kappa shape index (κ2) is 5.21. The van der Waals surface area contributed by atoms with E-state index in [-0.39, 0.29) is 12.0 Å². The molecular formula is C13H13F2NO2. The Bertz CT molecular complexity index is 469. The fraction of sp³-hybridized carbons (Fsp3) is 0.462. The van der Waals surface area contributed by atoms with Gasteiger partial charge >= 0.3 is 0 Å². The molecule has 18 heavy (non-hydrogen) atoms. The standard InChI is InChI=1S/C13H13F2NO2/c14-13(15,5-1-6-16)10-3-4-11-12(9-10)18-8-2-7-17-11/h3-4,9H,1-2,5,7-8H2. The van der Waals surface area contributed by atoms with Gasteiger partial charge in [0.1, 0.15) is 0 Å². The van der Waals surface area contributed by atoms with Gasteiger partial charge < -0.3 is 9.47 Å². The SMILES string of the molecule is N#CCCC(F)(F)c1ccc2c(c1)OCCCO2. The molecule has 0 aliphatic carbocycles. The second-order valence-electron chi connectivity index (χ2n) is 4.07. The maximum absolute atomic E-state index is 13.8. The summed E-state index contributed by atoms with van der Waals surface area (Å²) in [5, 5.41) is 8.38. The summed E-state index contributed by atoms with van der Waals surface area (Å²) in [5.74, 6) is -2.17. The molecule has 0 unspecified atom stereocenters. The van der Waals surface area contributed by atoms with Gasteiger partial charge in [-0.1, -0.05) is 0 Å². The van der Waals surface area contributed by atoms with Crippen LogP contribution in [0.1, 0.15) is 24.8 Å². The number of ether oxygens (including phenoxy) is 2. The molecule has 0 aromatic heterocycles. The minimum atomic E-state index is -3.01. The summed E-state index contributed by atoms with van der Waals surface area (Å²) >= 11 is 0. The van der Waals surface area contributed by atoms with E-state index in [1.165, 1.54) is 18.2 Å². The Hall–Kier alpha value is -1.83. The Labute approximate surface area is 104 Å². The van der Waals surface area contributed by atoms with Gasteiger partial charge in [-0.2, -0.15) is 5.26 Å². The zero-order valence-corrected chi connectivity index (χ0v) is 9.79. The van der Waals surface area contributed by atoms with E-state index in [0.717, 1.165) is 6.42 Å². The van der Waals surface area contributed by atoms with E-state index in [0.29, 0.717) is 24.7 Å². The lowest BCUT2D eigenvalue weighted by Crippen LogP contribution is -2.13. The Morgan fingerprint density at radius 3 is 2.67 bits per heavy atom. The van der Waals surface area contributed by atoms with Gasteiger partial charge in [-0.3, -0.25) is 0 Å². The van der Waals surface area contributed by atoms with Crippen molar-refractivity contribution in [3.63, 3.8) is 0 Å². The lowest BCUT2D eigenvalue weighted by atomic mass is 10.0. The molecule has 0 fully saturated rings. The molecule has 0 N–H and O–H groups in total. The third-order valence-corrected chi connectivity index (χ3v) is 2.72. The molecule has 96 valence electrons. The maximum atomic E-state index is 13.8. The predicted octanol–water partition coefficient (Wildman–Crippen LogP) is 3.24. The average molecular weight is 253 g/mol. The summed E-state index contributed by atoms with van der Waals surface area (Å²) in [4.78, 5) is 0. The number of alkyl halides is 2. The third-order valence-electron chi connectivity index (χ3n) is 2.72. The van der Waals surface area contributed by atoms with E-state index in [9.17, 15) is 8.78 Å². The van der Waals surface area contributed by atoms with Crippen molar-refractivity contribution in [2.75, 3.05) is 13.2 Å². The average Bonchev–Trinajstić information content (AvgIpc) is 2.60. The van der Waals surface area contributed by atoms with Crippen molar-refractivity contribution in [2.24, 2.45) is 0 Å². The van der Waals surface area contributed by atoms with Crippen LogP contribution in [0.15, 0.2) is 18.2 Å². The number of halogens is 2. The maximum Gasteiger partial charge on any atom is 0.274 e. The van der Waals surface area contributed by atoms with E-state index in [1.54, 1.807) is 6.07 Å². The van der Waals surface area contributed by atoms with Crippen LogP contribution in [0.2, 0.25) is 0 Å². The molecule has 1 aliphatic rings. The van der Waals surface area contributed by atoms with Crippen LogP contribution in [-0.2, 0) is 5.92 Å². The van der Waals surface area contributed by atoms with Gasteiger partial charge in [-0.25, -0.2) is 8.78 Å². The zero-order valence-electron chi connectivity index (χ0n) is 9.79. The van der Waals surface area contributed by atoms with Crippen molar-refractivity contribution in [3.8, 4) is 17.6 Å². The van der Waals surface area contributed by atoms with Crippen LogP contribution in [0.25, 0.3) is 0 Å². The van der Waals surface area contributed by atoms with E-state index in [4.69, 9.17) is 14.7 Å². The first-order valence-corrected chi connectivity index (χ1v) is 5.78. The number of nitriles is 1. The van der Waals surface area contributed by atoms with E-state index >= 15 is 0 Å². The van der Waals surface area contributed by atoms with Gasteiger partial charge in [0.05, 0.1) is 19.3 Å². The molecule has 3 nitrogen and oxygen atoms in total. The molecule has 0 radical (unpaired) electrons. The number of nitrogens with zero attached hydrogens (tertiary/aromatic N) is 1. The van der Waals surface area contributed by atoms with Crippen LogP contribution in [0.5, 0.6) is 11.5 Å². The highest BCUT2D eigenvalue weighted by atomic mass is 19.3. The normalized spacial score (nSPS) is 14.7. The van der Waals surface area contributed by atoms with Crippen LogP contribution in [0, 0.1) is 11.3 Å². The molecule has 1 aromatic carbocycles. The molecule has 0 bridgehead atoms. The molecule has 0 atom stereocenters. The highest BCUT2D eigenvalue weighted by Crippen LogP contribution is 2.38. The Morgan fingerprint density at radius 1 is 1.22 bits per heavy atom.